The Morgan fingerprint density at radius 3 is 2.76 bits per heavy atom. The highest BCUT2D eigenvalue weighted by molar-refractivity contribution is 6.40. The molecule has 1 aromatic heterocycles. The highest BCUT2D eigenvalue weighted by Gasteiger charge is 2.19. The lowest BCUT2D eigenvalue weighted by Crippen LogP contribution is -2.33. The van der Waals surface area contributed by atoms with Gasteiger partial charge in [0.25, 0.3) is 5.56 Å². The van der Waals surface area contributed by atoms with E-state index in [1.165, 1.54) is 10.9 Å². The molecule has 1 saturated heterocycles. The molecule has 0 aromatic carbocycles. The van der Waals surface area contributed by atoms with E-state index in [0.29, 0.717) is 26.2 Å². The fourth-order valence-corrected chi connectivity index (χ4v) is 1.84. The van der Waals surface area contributed by atoms with Gasteiger partial charge in [-0.2, -0.15) is 0 Å². The number of hydrogen-bond donors (Lipinski definition) is 1. The first-order chi connectivity index (χ1) is 8.09. The van der Waals surface area contributed by atoms with Crippen molar-refractivity contribution in [1.29, 1.82) is 0 Å². The van der Waals surface area contributed by atoms with Crippen LogP contribution in [0.5, 0.6) is 0 Å². The molecule has 17 heavy (non-hydrogen) atoms. The van der Waals surface area contributed by atoms with E-state index in [0.717, 1.165) is 0 Å². The molecule has 0 atom stereocenters. The van der Waals surface area contributed by atoms with Crippen LogP contribution in [0.2, 0.25) is 10.2 Å². The lowest BCUT2D eigenvalue weighted by molar-refractivity contribution is 0.215. The summed E-state index contributed by atoms with van der Waals surface area (Å²) in [4.78, 5) is 28.3. The third-order valence-electron chi connectivity index (χ3n) is 2.50. The summed E-state index contributed by atoms with van der Waals surface area (Å²) in [6.45, 7) is 2.05. The maximum atomic E-state index is 11.7. The van der Waals surface area contributed by atoms with E-state index in [9.17, 15) is 9.59 Å². The summed E-state index contributed by atoms with van der Waals surface area (Å²) in [6.07, 6.45) is 1.32. The predicted molar refractivity (Wildman–Crippen MR) is 63.5 cm³/mol. The standard InChI is InChI=1S/C9H10Cl2N4O2/c10-6-7(11)13-5-15(8(6)16)4-3-14-2-1-12-9(14)17/h5H,1-4H2,(H,12,17). The molecule has 2 rings (SSSR count). The zero-order valence-electron chi connectivity index (χ0n) is 8.82. The van der Waals surface area contributed by atoms with Gasteiger partial charge in [-0.15, -0.1) is 0 Å². The number of urea groups is 1. The lowest BCUT2D eigenvalue weighted by atomic mass is 10.5. The number of amides is 2. The van der Waals surface area contributed by atoms with E-state index in [2.05, 4.69) is 10.3 Å². The molecule has 1 aromatic rings. The van der Waals surface area contributed by atoms with Crippen LogP contribution in [0.15, 0.2) is 11.1 Å². The normalized spacial score (nSPS) is 15.2. The van der Waals surface area contributed by atoms with Crippen molar-refractivity contribution in [3.05, 3.63) is 26.9 Å². The van der Waals surface area contributed by atoms with Crippen molar-refractivity contribution in [3.63, 3.8) is 0 Å². The van der Waals surface area contributed by atoms with E-state index in [4.69, 9.17) is 23.2 Å². The summed E-state index contributed by atoms with van der Waals surface area (Å²) in [5, 5.41) is 2.57. The van der Waals surface area contributed by atoms with Crippen molar-refractivity contribution >= 4 is 29.2 Å². The van der Waals surface area contributed by atoms with Crippen molar-refractivity contribution in [2.75, 3.05) is 19.6 Å². The van der Waals surface area contributed by atoms with Gasteiger partial charge >= 0.3 is 6.03 Å². The Labute approximate surface area is 107 Å². The highest BCUT2D eigenvalue weighted by atomic mass is 35.5. The number of rotatable bonds is 3. The number of aromatic nitrogens is 2. The Bertz CT molecular complexity index is 502. The summed E-state index contributed by atoms with van der Waals surface area (Å²) in [7, 11) is 0. The van der Waals surface area contributed by atoms with Crippen LogP contribution in [-0.4, -0.2) is 40.1 Å². The van der Waals surface area contributed by atoms with Gasteiger partial charge in [-0.05, 0) is 0 Å². The first-order valence-electron chi connectivity index (χ1n) is 5.03. The molecule has 0 aliphatic carbocycles. The number of halogens is 2. The van der Waals surface area contributed by atoms with Gasteiger partial charge in [-0.25, -0.2) is 9.78 Å². The molecule has 8 heteroatoms. The number of carbonyl (C=O) groups excluding carboxylic acids is 1. The van der Waals surface area contributed by atoms with Gasteiger partial charge in [0, 0.05) is 26.2 Å². The molecular formula is C9H10Cl2N4O2. The zero-order valence-corrected chi connectivity index (χ0v) is 10.3. The number of carbonyl (C=O) groups is 1. The van der Waals surface area contributed by atoms with Crippen LogP contribution in [0.1, 0.15) is 0 Å². The van der Waals surface area contributed by atoms with Gasteiger partial charge in [0.1, 0.15) is 5.02 Å². The summed E-state index contributed by atoms with van der Waals surface area (Å²) in [5.41, 5.74) is -0.397. The minimum Gasteiger partial charge on any atom is -0.336 e. The largest absolute Gasteiger partial charge is 0.336 e. The average Bonchev–Trinajstić information content (AvgIpc) is 2.71. The molecule has 6 nitrogen and oxygen atoms in total. The molecule has 92 valence electrons. The molecular weight excluding hydrogens is 267 g/mol. The maximum Gasteiger partial charge on any atom is 0.317 e. The topological polar surface area (TPSA) is 67.2 Å². The molecule has 2 heterocycles. The fraction of sp³-hybridized carbons (Fsp3) is 0.444. The fourth-order valence-electron chi connectivity index (χ4n) is 1.56. The monoisotopic (exact) mass is 276 g/mol. The molecule has 2 amide bonds. The number of nitrogens with one attached hydrogen (secondary N) is 1. The van der Waals surface area contributed by atoms with Crippen LogP contribution in [0, 0.1) is 0 Å². The molecule has 0 saturated carbocycles. The molecule has 0 radical (unpaired) electrons. The first-order valence-corrected chi connectivity index (χ1v) is 5.78. The van der Waals surface area contributed by atoms with Gasteiger partial charge in [0.05, 0.1) is 6.33 Å². The van der Waals surface area contributed by atoms with Crippen LogP contribution < -0.4 is 10.9 Å². The smallest absolute Gasteiger partial charge is 0.317 e. The summed E-state index contributed by atoms with van der Waals surface area (Å²) in [5.74, 6) is 0. The van der Waals surface area contributed by atoms with Crippen LogP contribution in [0.25, 0.3) is 0 Å². The second kappa shape index (κ2) is 4.93. The van der Waals surface area contributed by atoms with Crippen LogP contribution in [-0.2, 0) is 6.54 Å². The van der Waals surface area contributed by atoms with Gasteiger partial charge in [-0.1, -0.05) is 23.2 Å². The summed E-state index contributed by atoms with van der Waals surface area (Å²) in [6, 6.07) is -0.119. The lowest BCUT2D eigenvalue weighted by Gasteiger charge is -2.14. The van der Waals surface area contributed by atoms with Crippen LogP contribution >= 0.6 is 23.2 Å². The molecule has 1 aliphatic rings. The third kappa shape index (κ3) is 2.53. The van der Waals surface area contributed by atoms with E-state index in [-0.39, 0.29) is 16.2 Å². The third-order valence-corrected chi connectivity index (χ3v) is 3.22. The Hall–Kier alpha value is -1.27. The molecule has 0 spiro atoms. The van der Waals surface area contributed by atoms with Crippen molar-refractivity contribution in [2.45, 2.75) is 6.54 Å². The first kappa shape index (κ1) is 12.2. The van der Waals surface area contributed by atoms with E-state index >= 15 is 0 Å². The van der Waals surface area contributed by atoms with Gasteiger partial charge in [0.2, 0.25) is 0 Å². The Kier molecular flexibility index (Phi) is 3.54. The molecule has 1 aliphatic heterocycles. The molecule has 0 bridgehead atoms. The zero-order chi connectivity index (χ0) is 12.4. The summed E-state index contributed by atoms with van der Waals surface area (Å²) < 4.78 is 1.33. The number of hydrogen-bond acceptors (Lipinski definition) is 3. The van der Waals surface area contributed by atoms with Gasteiger partial charge in [0.15, 0.2) is 5.15 Å². The van der Waals surface area contributed by atoms with Crippen LogP contribution in [0.4, 0.5) is 4.79 Å². The number of nitrogens with zero attached hydrogens (tertiary/aromatic N) is 3. The van der Waals surface area contributed by atoms with Crippen molar-refractivity contribution in [2.24, 2.45) is 0 Å². The van der Waals surface area contributed by atoms with E-state index in [1.54, 1.807) is 4.90 Å². The minimum absolute atomic E-state index is 0.00756. The molecule has 0 unspecified atom stereocenters. The highest BCUT2D eigenvalue weighted by Crippen LogP contribution is 2.12. The van der Waals surface area contributed by atoms with Crippen molar-refractivity contribution in [1.82, 2.24) is 19.8 Å². The van der Waals surface area contributed by atoms with Crippen LogP contribution in [0.3, 0.4) is 0 Å². The SMILES string of the molecule is O=C1NCCN1CCn1cnc(Cl)c(Cl)c1=O. The Balaban J connectivity index is 2.07. The van der Waals surface area contributed by atoms with Crippen molar-refractivity contribution < 1.29 is 4.79 Å². The molecule has 1 fully saturated rings. The quantitative estimate of drug-likeness (QED) is 0.821. The van der Waals surface area contributed by atoms with E-state index < -0.39 is 5.56 Å². The second-order valence-electron chi connectivity index (χ2n) is 3.57. The molecule has 1 N–H and O–H groups in total. The predicted octanol–water partition coefficient (Wildman–Crippen LogP) is 0.575. The van der Waals surface area contributed by atoms with Gasteiger partial charge < -0.3 is 10.2 Å². The van der Waals surface area contributed by atoms with Gasteiger partial charge in [-0.3, -0.25) is 9.36 Å². The second-order valence-corrected chi connectivity index (χ2v) is 4.30. The average molecular weight is 277 g/mol. The maximum absolute atomic E-state index is 11.7. The van der Waals surface area contributed by atoms with Crippen molar-refractivity contribution in [3.8, 4) is 0 Å². The Morgan fingerprint density at radius 1 is 1.35 bits per heavy atom. The Morgan fingerprint density at radius 2 is 2.12 bits per heavy atom. The minimum atomic E-state index is -0.397. The van der Waals surface area contributed by atoms with E-state index in [1.807, 2.05) is 0 Å². The summed E-state index contributed by atoms with van der Waals surface area (Å²) >= 11 is 11.3.